The molecule has 23 heavy (non-hydrogen) atoms. The summed E-state index contributed by atoms with van der Waals surface area (Å²) >= 11 is 0. The highest BCUT2D eigenvalue weighted by Crippen LogP contribution is 2.09. The van der Waals surface area contributed by atoms with Crippen LogP contribution in [-0.2, 0) is 13.1 Å². The maximum absolute atomic E-state index is 13.5. The number of nitrogens with one attached hydrogen (secondary N) is 2. The van der Waals surface area contributed by atoms with Crippen LogP contribution in [0.4, 0.5) is 8.78 Å². The minimum atomic E-state index is -0.467. The molecule has 124 valence electrons. The first kappa shape index (κ1) is 19.3. The number of hydrogen-bond acceptors (Lipinski definition) is 2. The Morgan fingerprint density at radius 2 is 1.87 bits per heavy atom. The van der Waals surface area contributed by atoms with E-state index in [9.17, 15) is 8.78 Å². The van der Waals surface area contributed by atoms with Crippen molar-refractivity contribution in [2.24, 2.45) is 4.99 Å². The van der Waals surface area contributed by atoms with E-state index in [1.807, 2.05) is 25.1 Å². The zero-order valence-electron chi connectivity index (χ0n) is 12.9. The summed E-state index contributed by atoms with van der Waals surface area (Å²) in [6.45, 7) is 2.56. The van der Waals surface area contributed by atoms with Gasteiger partial charge in [0, 0.05) is 24.8 Å². The third-order valence-electron chi connectivity index (χ3n) is 3.06. The lowest BCUT2D eigenvalue weighted by atomic mass is 10.2. The maximum Gasteiger partial charge on any atom is 0.191 e. The van der Waals surface area contributed by atoms with Crippen molar-refractivity contribution < 1.29 is 8.78 Å². The van der Waals surface area contributed by atoms with Crippen LogP contribution in [0.15, 0.2) is 41.4 Å². The Hall–Kier alpha value is -1.77. The fourth-order valence-electron chi connectivity index (χ4n) is 1.95. The molecule has 0 aliphatic carbocycles. The van der Waals surface area contributed by atoms with Gasteiger partial charge in [-0.05, 0) is 37.3 Å². The van der Waals surface area contributed by atoms with Gasteiger partial charge in [-0.3, -0.25) is 9.98 Å². The highest BCUT2D eigenvalue weighted by Gasteiger charge is 2.05. The molecule has 2 aromatic rings. The second-order valence-electron chi connectivity index (χ2n) is 4.79. The van der Waals surface area contributed by atoms with Gasteiger partial charge in [0.2, 0.25) is 0 Å². The van der Waals surface area contributed by atoms with Gasteiger partial charge in [0.1, 0.15) is 11.6 Å². The van der Waals surface area contributed by atoms with E-state index >= 15 is 0 Å². The molecule has 0 atom stereocenters. The summed E-state index contributed by atoms with van der Waals surface area (Å²) in [5, 5.41) is 6.02. The smallest absolute Gasteiger partial charge is 0.191 e. The Morgan fingerprint density at radius 3 is 2.57 bits per heavy atom. The number of nitrogens with zero attached hydrogens (tertiary/aromatic N) is 2. The molecule has 0 radical (unpaired) electrons. The Labute approximate surface area is 151 Å². The van der Waals surface area contributed by atoms with Crippen molar-refractivity contribution in [3.05, 3.63) is 65.0 Å². The summed E-state index contributed by atoms with van der Waals surface area (Å²) in [5.41, 5.74) is 2.06. The molecule has 0 saturated heterocycles. The van der Waals surface area contributed by atoms with Crippen molar-refractivity contribution in [3.8, 4) is 0 Å². The summed E-state index contributed by atoms with van der Waals surface area (Å²) < 4.78 is 26.7. The molecular weight excluding hydrogens is 413 g/mol. The van der Waals surface area contributed by atoms with E-state index in [-0.39, 0.29) is 36.1 Å². The number of hydrogen-bond donors (Lipinski definition) is 2. The Kier molecular flexibility index (Phi) is 7.87. The summed E-state index contributed by atoms with van der Waals surface area (Å²) in [6.07, 6.45) is 0. The van der Waals surface area contributed by atoms with Gasteiger partial charge in [0.05, 0.1) is 12.2 Å². The lowest BCUT2D eigenvalue weighted by molar-refractivity contribution is 0.581. The molecule has 1 aromatic heterocycles. The molecule has 0 bridgehead atoms. The molecule has 0 saturated carbocycles. The van der Waals surface area contributed by atoms with E-state index in [1.54, 1.807) is 7.05 Å². The zero-order chi connectivity index (χ0) is 15.9. The van der Waals surface area contributed by atoms with Crippen molar-refractivity contribution in [2.45, 2.75) is 20.0 Å². The SMILES string of the molecule is CN=C(NCc1cccc(C)n1)NCc1cc(F)ccc1F.I. The molecule has 0 aliphatic rings. The molecule has 2 N–H and O–H groups in total. The normalized spacial score (nSPS) is 10.9. The first-order valence-corrected chi connectivity index (χ1v) is 6.89. The standard InChI is InChI=1S/C16H18F2N4.HI/c1-11-4-3-5-14(22-11)10-21-16(19-2)20-9-12-8-13(17)6-7-15(12)18;/h3-8H,9-10H2,1-2H3,(H2,19,20,21);1H. The van der Waals surface area contributed by atoms with Crippen LogP contribution >= 0.6 is 24.0 Å². The van der Waals surface area contributed by atoms with Crippen LogP contribution in [-0.4, -0.2) is 18.0 Å². The second-order valence-corrected chi connectivity index (χ2v) is 4.79. The van der Waals surface area contributed by atoms with Gasteiger partial charge in [0.25, 0.3) is 0 Å². The van der Waals surface area contributed by atoms with Crippen molar-refractivity contribution in [1.29, 1.82) is 0 Å². The predicted octanol–water partition coefficient (Wildman–Crippen LogP) is 3.15. The molecule has 0 amide bonds. The molecule has 2 rings (SSSR count). The Bertz CT molecular complexity index is 677. The third kappa shape index (κ3) is 6.09. The van der Waals surface area contributed by atoms with Gasteiger partial charge >= 0.3 is 0 Å². The van der Waals surface area contributed by atoms with E-state index in [1.165, 1.54) is 0 Å². The van der Waals surface area contributed by atoms with Crippen LogP contribution in [0.25, 0.3) is 0 Å². The van der Waals surface area contributed by atoms with Crippen LogP contribution in [0.1, 0.15) is 17.0 Å². The molecule has 4 nitrogen and oxygen atoms in total. The van der Waals surface area contributed by atoms with Gasteiger partial charge in [-0.2, -0.15) is 0 Å². The monoisotopic (exact) mass is 432 g/mol. The molecule has 1 aromatic carbocycles. The van der Waals surface area contributed by atoms with Crippen LogP contribution in [0.2, 0.25) is 0 Å². The van der Waals surface area contributed by atoms with Crippen LogP contribution in [0, 0.1) is 18.6 Å². The average Bonchev–Trinajstić information content (AvgIpc) is 2.51. The second kappa shape index (κ2) is 9.39. The first-order valence-electron chi connectivity index (χ1n) is 6.89. The number of pyridine rings is 1. The number of aromatic nitrogens is 1. The summed E-state index contributed by atoms with van der Waals surface area (Å²) in [4.78, 5) is 8.41. The number of aliphatic imine (C=N–C) groups is 1. The first-order chi connectivity index (χ1) is 10.6. The molecule has 7 heteroatoms. The molecule has 0 unspecified atom stereocenters. The van der Waals surface area contributed by atoms with Crippen LogP contribution in [0.3, 0.4) is 0 Å². The minimum absolute atomic E-state index is 0. The maximum atomic E-state index is 13.5. The molecule has 0 spiro atoms. The fraction of sp³-hybridized carbons (Fsp3) is 0.250. The van der Waals surface area contributed by atoms with Crippen molar-refractivity contribution in [1.82, 2.24) is 15.6 Å². The number of halogens is 3. The van der Waals surface area contributed by atoms with Gasteiger partial charge < -0.3 is 10.6 Å². The van der Waals surface area contributed by atoms with Gasteiger partial charge in [-0.15, -0.1) is 24.0 Å². The van der Waals surface area contributed by atoms with Crippen molar-refractivity contribution >= 4 is 29.9 Å². The summed E-state index contributed by atoms with van der Waals surface area (Å²) in [6, 6.07) is 9.12. The Balaban J connectivity index is 0.00000264. The predicted molar refractivity (Wildman–Crippen MR) is 97.8 cm³/mol. The van der Waals surface area contributed by atoms with Gasteiger partial charge in [-0.25, -0.2) is 8.78 Å². The lowest BCUT2D eigenvalue weighted by Crippen LogP contribution is -2.36. The van der Waals surface area contributed by atoms with E-state index in [0.29, 0.717) is 12.5 Å². The highest BCUT2D eigenvalue weighted by molar-refractivity contribution is 14.0. The number of guanidine groups is 1. The van der Waals surface area contributed by atoms with Crippen molar-refractivity contribution in [2.75, 3.05) is 7.05 Å². The third-order valence-corrected chi connectivity index (χ3v) is 3.06. The summed E-state index contributed by atoms with van der Waals surface area (Å²) in [7, 11) is 1.61. The molecule has 0 fully saturated rings. The number of benzene rings is 1. The van der Waals surface area contributed by atoms with Crippen LogP contribution in [0.5, 0.6) is 0 Å². The fourth-order valence-corrected chi connectivity index (χ4v) is 1.95. The molecular formula is C16H19F2IN4. The largest absolute Gasteiger partial charge is 0.352 e. The average molecular weight is 432 g/mol. The van der Waals surface area contributed by atoms with E-state index < -0.39 is 11.6 Å². The van der Waals surface area contributed by atoms with Crippen LogP contribution < -0.4 is 10.6 Å². The number of rotatable bonds is 4. The Morgan fingerprint density at radius 1 is 1.13 bits per heavy atom. The molecule has 0 aliphatic heterocycles. The summed E-state index contributed by atoms with van der Waals surface area (Å²) in [5.74, 6) is -0.429. The zero-order valence-corrected chi connectivity index (χ0v) is 15.3. The van der Waals surface area contributed by atoms with Gasteiger partial charge in [0.15, 0.2) is 5.96 Å². The lowest BCUT2D eigenvalue weighted by Gasteiger charge is -2.12. The van der Waals surface area contributed by atoms with Gasteiger partial charge in [-0.1, -0.05) is 6.07 Å². The number of aryl methyl sites for hydroxylation is 1. The quantitative estimate of drug-likeness (QED) is 0.444. The van der Waals surface area contributed by atoms with E-state index in [2.05, 4.69) is 20.6 Å². The van der Waals surface area contributed by atoms with E-state index in [4.69, 9.17) is 0 Å². The van der Waals surface area contributed by atoms with Crippen molar-refractivity contribution in [3.63, 3.8) is 0 Å². The minimum Gasteiger partial charge on any atom is -0.352 e. The highest BCUT2D eigenvalue weighted by atomic mass is 127. The topological polar surface area (TPSA) is 49.3 Å². The van der Waals surface area contributed by atoms with E-state index in [0.717, 1.165) is 29.6 Å². The molecule has 1 heterocycles.